The van der Waals surface area contributed by atoms with Crippen molar-refractivity contribution >= 4 is 5.69 Å². The van der Waals surface area contributed by atoms with Crippen LogP contribution in [0.5, 0.6) is 0 Å². The Bertz CT molecular complexity index is 408. The minimum Gasteiger partial charge on any atom is -0.369 e. The summed E-state index contributed by atoms with van der Waals surface area (Å²) < 4.78 is 0. The molecule has 2 heteroatoms. The molecule has 1 aromatic carbocycles. The van der Waals surface area contributed by atoms with E-state index in [4.69, 9.17) is 0 Å². The second-order valence-electron chi connectivity index (χ2n) is 5.99. The summed E-state index contributed by atoms with van der Waals surface area (Å²) in [5.41, 5.74) is 4.27. The highest BCUT2D eigenvalue weighted by atomic mass is 15.2. The average Bonchev–Trinajstić information content (AvgIpc) is 2.49. The first-order chi connectivity index (χ1) is 9.76. The molecular weight excluding hydrogens is 244 g/mol. The van der Waals surface area contributed by atoms with Crippen LogP contribution >= 0.6 is 0 Å². The lowest BCUT2D eigenvalue weighted by Crippen LogP contribution is -2.37. The van der Waals surface area contributed by atoms with E-state index in [2.05, 4.69) is 49.2 Å². The zero-order valence-electron chi connectivity index (χ0n) is 13.4. The van der Waals surface area contributed by atoms with Gasteiger partial charge in [0.05, 0.1) is 0 Å². The van der Waals surface area contributed by atoms with E-state index in [9.17, 15) is 0 Å². The van der Waals surface area contributed by atoms with E-state index in [1.54, 1.807) is 0 Å². The normalized spacial score (nSPS) is 16.4. The van der Waals surface area contributed by atoms with Crippen molar-refractivity contribution in [3.8, 4) is 0 Å². The van der Waals surface area contributed by atoms with E-state index in [0.29, 0.717) is 0 Å². The largest absolute Gasteiger partial charge is 0.369 e. The summed E-state index contributed by atoms with van der Waals surface area (Å²) in [6.45, 7) is 9.79. The van der Waals surface area contributed by atoms with Gasteiger partial charge in [-0.15, -0.1) is 0 Å². The predicted octanol–water partition coefficient (Wildman–Crippen LogP) is 4.26. The van der Waals surface area contributed by atoms with E-state index in [-0.39, 0.29) is 0 Å². The van der Waals surface area contributed by atoms with Crippen molar-refractivity contribution in [3.63, 3.8) is 0 Å². The van der Waals surface area contributed by atoms with E-state index in [0.717, 1.165) is 25.7 Å². The third kappa shape index (κ3) is 3.76. The molecule has 1 fully saturated rings. The molecule has 0 bridgehead atoms. The summed E-state index contributed by atoms with van der Waals surface area (Å²) in [6.07, 6.45) is 6.95. The summed E-state index contributed by atoms with van der Waals surface area (Å²) in [7, 11) is 0. The standard InChI is InChI=1S/C18H30N2/c1-4-19-14-16-13-15(3)11-12-18(16)20(5-2)17-9-7-6-8-10-17/h11-13,17,19H,4-10,14H2,1-3H3. The molecular formula is C18H30N2. The maximum absolute atomic E-state index is 3.49. The van der Waals surface area contributed by atoms with Crippen LogP contribution in [0.2, 0.25) is 0 Å². The molecule has 0 saturated heterocycles. The Hall–Kier alpha value is -1.02. The Morgan fingerprint density at radius 2 is 1.90 bits per heavy atom. The molecule has 0 amide bonds. The highest BCUT2D eigenvalue weighted by Crippen LogP contribution is 2.30. The summed E-state index contributed by atoms with van der Waals surface area (Å²) in [5.74, 6) is 0. The zero-order chi connectivity index (χ0) is 14.4. The van der Waals surface area contributed by atoms with E-state index in [1.807, 2.05) is 0 Å². The topological polar surface area (TPSA) is 15.3 Å². The van der Waals surface area contributed by atoms with Gasteiger partial charge in [0, 0.05) is 24.8 Å². The van der Waals surface area contributed by atoms with E-state index >= 15 is 0 Å². The lowest BCUT2D eigenvalue weighted by Gasteiger charge is -2.36. The molecule has 2 nitrogen and oxygen atoms in total. The first-order valence-electron chi connectivity index (χ1n) is 8.33. The number of benzene rings is 1. The van der Waals surface area contributed by atoms with Gasteiger partial charge in [-0.05, 0) is 44.9 Å². The van der Waals surface area contributed by atoms with Gasteiger partial charge >= 0.3 is 0 Å². The van der Waals surface area contributed by atoms with Gasteiger partial charge in [-0.3, -0.25) is 0 Å². The summed E-state index contributed by atoms with van der Waals surface area (Å²) in [6, 6.07) is 7.69. The van der Waals surface area contributed by atoms with Crippen LogP contribution in [0.15, 0.2) is 18.2 Å². The summed E-state index contributed by atoms with van der Waals surface area (Å²) >= 11 is 0. The smallest absolute Gasteiger partial charge is 0.0414 e. The Balaban J connectivity index is 2.22. The number of hydrogen-bond donors (Lipinski definition) is 1. The number of nitrogens with one attached hydrogen (secondary N) is 1. The average molecular weight is 274 g/mol. The number of hydrogen-bond acceptors (Lipinski definition) is 2. The molecule has 0 heterocycles. The number of nitrogens with zero attached hydrogens (tertiary/aromatic N) is 1. The van der Waals surface area contributed by atoms with Crippen LogP contribution in [0.1, 0.15) is 57.1 Å². The second kappa shape index (κ2) is 7.68. The van der Waals surface area contributed by atoms with Gasteiger partial charge < -0.3 is 10.2 Å². The summed E-state index contributed by atoms with van der Waals surface area (Å²) in [5, 5.41) is 3.49. The van der Waals surface area contributed by atoms with Gasteiger partial charge in [0.25, 0.3) is 0 Å². The van der Waals surface area contributed by atoms with Crippen LogP contribution < -0.4 is 10.2 Å². The van der Waals surface area contributed by atoms with Gasteiger partial charge in [-0.1, -0.05) is 43.9 Å². The monoisotopic (exact) mass is 274 g/mol. The van der Waals surface area contributed by atoms with Crippen molar-refractivity contribution in [2.75, 3.05) is 18.0 Å². The van der Waals surface area contributed by atoms with E-state index < -0.39 is 0 Å². The van der Waals surface area contributed by atoms with Crippen molar-refractivity contribution in [1.29, 1.82) is 0 Å². The second-order valence-corrected chi connectivity index (χ2v) is 5.99. The quantitative estimate of drug-likeness (QED) is 0.833. The minimum atomic E-state index is 0.747. The lowest BCUT2D eigenvalue weighted by molar-refractivity contribution is 0.417. The highest BCUT2D eigenvalue weighted by Gasteiger charge is 2.21. The molecule has 0 aliphatic heterocycles. The Labute approximate surface area is 124 Å². The summed E-state index contributed by atoms with van der Waals surface area (Å²) in [4.78, 5) is 2.64. The Morgan fingerprint density at radius 3 is 2.55 bits per heavy atom. The van der Waals surface area contributed by atoms with E-state index in [1.165, 1.54) is 48.9 Å². The maximum Gasteiger partial charge on any atom is 0.0414 e. The maximum atomic E-state index is 3.49. The van der Waals surface area contributed by atoms with Crippen LogP contribution in [0.25, 0.3) is 0 Å². The fourth-order valence-electron chi connectivity index (χ4n) is 3.41. The number of anilines is 1. The molecule has 1 aromatic rings. The molecule has 1 aliphatic carbocycles. The molecule has 1 N–H and O–H groups in total. The molecule has 0 spiro atoms. The zero-order valence-corrected chi connectivity index (χ0v) is 13.4. The van der Waals surface area contributed by atoms with Crippen molar-refractivity contribution in [2.45, 2.75) is 65.5 Å². The number of rotatable bonds is 6. The SMILES string of the molecule is CCNCc1cc(C)ccc1N(CC)C1CCCCC1. The number of aryl methyl sites for hydroxylation is 1. The van der Waals surface area contributed by atoms with Crippen molar-refractivity contribution in [2.24, 2.45) is 0 Å². The molecule has 1 aliphatic rings. The van der Waals surface area contributed by atoms with Crippen molar-refractivity contribution < 1.29 is 0 Å². The molecule has 0 aromatic heterocycles. The van der Waals surface area contributed by atoms with Gasteiger partial charge in [-0.2, -0.15) is 0 Å². The third-order valence-corrected chi connectivity index (χ3v) is 4.47. The first kappa shape index (κ1) is 15.4. The molecule has 1 saturated carbocycles. The van der Waals surface area contributed by atoms with Crippen molar-refractivity contribution in [3.05, 3.63) is 29.3 Å². The molecule has 20 heavy (non-hydrogen) atoms. The molecule has 0 radical (unpaired) electrons. The van der Waals surface area contributed by atoms with Crippen LogP contribution in [0, 0.1) is 6.92 Å². The molecule has 112 valence electrons. The lowest BCUT2D eigenvalue weighted by atomic mass is 9.93. The molecule has 0 atom stereocenters. The van der Waals surface area contributed by atoms with Gasteiger partial charge in [-0.25, -0.2) is 0 Å². The van der Waals surface area contributed by atoms with Crippen LogP contribution in [-0.4, -0.2) is 19.1 Å². The van der Waals surface area contributed by atoms with Gasteiger partial charge in [0.1, 0.15) is 0 Å². The van der Waals surface area contributed by atoms with Gasteiger partial charge in [0.2, 0.25) is 0 Å². The van der Waals surface area contributed by atoms with Crippen molar-refractivity contribution in [1.82, 2.24) is 5.32 Å². The predicted molar refractivity (Wildman–Crippen MR) is 88.5 cm³/mol. The fourth-order valence-corrected chi connectivity index (χ4v) is 3.41. The third-order valence-electron chi connectivity index (χ3n) is 4.47. The van der Waals surface area contributed by atoms with Crippen LogP contribution in [0.4, 0.5) is 5.69 Å². The Morgan fingerprint density at radius 1 is 1.15 bits per heavy atom. The first-order valence-corrected chi connectivity index (χ1v) is 8.33. The Kier molecular flexibility index (Phi) is 5.90. The molecule has 2 rings (SSSR count). The van der Waals surface area contributed by atoms with Gasteiger partial charge in [0.15, 0.2) is 0 Å². The fraction of sp³-hybridized carbons (Fsp3) is 0.667. The van der Waals surface area contributed by atoms with Crippen LogP contribution in [0.3, 0.4) is 0 Å². The van der Waals surface area contributed by atoms with Crippen LogP contribution in [-0.2, 0) is 6.54 Å². The minimum absolute atomic E-state index is 0.747. The highest BCUT2D eigenvalue weighted by molar-refractivity contribution is 5.55. The molecule has 0 unspecified atom stereocenters.